The van der Waals surface area contributed by atoms with Gasteiger partial charge < -0.3 is 0 Å². The van der Waals surface area contributed by atoms with Crippen molar-refractivity contribution in [2.45, 2.75) is 49.9 Å². The Morgan fingerprint density at radius 3 is 1.52 bits per heavy atom. The van der Waals surface area contributed by atoms with E-state index in [1.165, 1.54) is 25.7 Å². The quantitative estimate of drug-likeness (QED) is 0.570. The Kier molecular flexibility index (Phi) is 3.37. The molecule has 1 heteroatoms. The zero-order chi connectivity index (χ0) is 14.4. The number of rotatable bonds is 2. The first-order valence-electron chi connectivity index (χ1n) is 8.88. The third-order valence-electron chi connectivity index (χ3n) is 7.06. The van der Waals surface area contributed by atoms with E-state index in [-0.39, 0.29) is 0 Å². The third kappa shape index (κ3) is 2.16. The maximum Gasteiger partial charge on any atom is 0.0548 e. The molecular formula is C20H28Si. The minimum Gasteiger partial charge on any atom is -0.0808 e. The molecule has 0 radical (unpaired) electrons. The minimum absolute atomic E-state index is 0.853. The maximum absolute atomic E-state index is 2.71. The Morgan fingerprint density at radius 1 is 0.619 bits per heavy atom. The summed E-state index contributed by atoms with van der Waals surface area (Å²) in [4.78, 5) is 0. The number of hydrogen-bond acceptors (Lipinski definition) is 0. The van der Waals surface area contributed by atoms with Crippen molar-refractivity contribution < 1.29 is 0 Å². The van der Waals surface area contributed by atoms with Gasteiger partial charge in [-0.1, -0.05) is 74.5 Å². The van der Waals surface area contributed by atoms with E-state index in [4.69, 9.17) is 0 Å². The van der Waals surface area contributed by atoms with Gasteiger partial charge in [0.15, 0.2) is 0 Å². The lowest BCUT2D eigenvalue weighted by atomic mass is 9.91. The van der Waals surface area contributed by atoms with Crippen molar-refractivity contribution >= 4 is 8.07 Å². The Balaban J connectivity index is 1.59. The van der Waals surface area contributed by atoms with E-state index in [2.05, 4.69) is 61.7 Å². The van der Waals surface area contributed by atoms with Gasteiger partial charge in [0, 0.05) is 0 Å². The van der Waals surface area contributed by atoms with Gasteiger partial charge in [-0.25, -0.2) is 0 Å². The highest BCUT2D eigenvalue weighted by atomic mass is 28.3. The highest BCUT2D eigenvalue weighted by Crippen LogP contribution is 2.58. The average molecular weight is 297 g/mol. The molecule has 0 aromatic heterocycles. The first-order valence-corrected chi connectivity index (χ1v) is 12.0. The molecule has 0 N–H and O–H groups in total. The van der Waals surface area contributed by atoms with Gasteiger partial charge in [-0.15, -0.1) is 0 Å². The second-order valence-electron chi connectivity index (χ2n) is 8.21. The van der Waals surface area contributed by atoms with E-state index in [9.17, 15) is 0 Å². The summed E-state index contributed by atoms with van der Waals surface area (Å²) in [6, 6.07) is 0. The second kappa shape index (κ2) is 5.12. The molecule has 4 aliphatic carbocycles. The van der Waals surface area contributed by atoms with Crippen molar-refractivity contribution in [3.05, 3.63) is 48.6 Å². The topological polar surface area (TPSA) is 0 Å². The van der Waals surface area contributed by atoms with Gasteiger partial charge in [-0.2, -0.15) is 0 Å². The van der Waals surface area contributed by atoms with Crippen molar-refractivity contribution in [2.24, 2.45) is 23.7 Å². The van der Waals surface area contributed by atoms with Crippen LogP contribution in [0.5, 0.6) is 0 Å². The Morgan fingerprint density at radius 2 is 1.05 bits per heavy atom. The van der Waals surface area contributed by atoms with Crippen LogP contribution in [0.2, 0.25) is 24.2 Å². The third-order valence-corrected chi connectivity index (χ3v) is 12.2. The molecule has 0 nitrogen and oxygen atoms in total. The summed E-state index contributed by atoms with van der Waals surface area (Å²) < 4.78 is 0. The molecule has 2 fully saturated rings. The van der Waals surface area contributed by atoms with Crippen LogP contribution in [0.25, 0.3) is 0 Å². The van der Waals surface area contributed by atoms with E-state index >= 15 is 0 Å². The zero-order valence-corrected chi connectivity index (χ0v) is 14.4. The first kappa shape index (κ1) is 13.8. The Hall–Kier alpha value is -0.823. The van der Waals surface area contributed by atoms with Gasteiger partial charge in [0.2, 0.25) is 0 Å². The molecule has 6 atom stereocenters. The molecule has 2 saturated carbocycles. The molecular weight excluding hydrogens is 268 g/mol. The van der Waals surface area contributed by atoms with Crippen molar-refractivity contribution in [3.8, 4) is 0 Å². The van der Waals surface area contributed by atoms with Gasteiger partial charge in [0.1, 0.15) is 0 Å². The van der Waals surface area contributed by atoms with Crippen LogP contribution in [-0.4, -0.2) is 8.07 Å². The summed E-state index contributed by atoms with van der Waals surface area (Å²) >= 11 is 0. The molecule has 0 aliphatic heterocycles. The molecule has 0 bridgehead atoms. The fourth-order valence-corrected chi connectivity index (χ4v) is 11.0. The zero-order valence-electron chi connectivity index (χ0n) is 13.4. The SMILES string of the molecule is C[Si](C)(C1CCC2C=CC=CC21)C1CCC2C=CC=CC21. The molecule has 0 spiro atoms. The standard InChI is InChI=1S/C20H28Si/c1-21(2,19-13-11-15-7-3-5-9-17(15)19)20-14-12-16-8-4-6-10-18(16)20/h3-10,15-20H,11-14H2,1-2H3. The van der Waals surface area contributed by atoms with Gasteiger partial charge in [0.25, 0.3) is 0 Å². The summed E-state index contributed by atoms with van der Waals surface area (Å²) in [5, 5.41) is 0. The lowest BCUT2D eigenvalue weighted by molar-refractivity contribution is 0.517. The van der Waals surface area contributed by atoms with Gasteiger partial charge >= 0.3 is 0 Å². The summed E-state index contributed by atoms with van der Waals surface area (Å²) in [6.07, 6.45) is 25.1. The summed E-state index contributed by atoms with van der Waals surface area (Å²) in [6.45, 7) is 5.43. The second-order valence-corrected chi connectivity index (χ2v) is 13.3. The number of fused-ring (bicyclic) bond motifs is 2. The normalized spacial score (nSPS) is 44.1. The first-order chi connectivity index (χ1) is 10.2. The van der Waals surface area contributed by atoms with Crippen LogP contribution in [0.1, 0.15) is 25.7 Å². The molecule has 6 unspecified atom stereocenters. The summed E-state index contributed by atoms with van der Waals surface area (Å²) in [5.41, 5.74) is 2.01. The molecule has 0 saturated heterocycles. The number of hydrogen-bond donors (Lipinski definition) is 0. The van der Waals surface area contributed by atoms with Gasteiger partial charge in [0.05, 0.1) is 8.07 Å². The summed E-state index contributed by atoms with van der Waals surface area (Å²) in [5.74, 6) is 3.43. The molecule has 0 aromatic carbocycles. The van der Waals surface area contributed by atoms with Crippen molar-refractivity contribution in [3.63, 3.8) is 0 Å². The maximum atomic E-state index is 2.71. The Labute approximate surface area is 130 Å². The fourth-order valence-electron chi connectivity index (χ4n) is 5.92. The smallest absolute Gasteiger partial charge is 0.0548 e. The average Bonchev–Trinajstić information content (AvgIpc) is 3.12. The van der Waals surface area contributed by atoms with E-state index in [0.29, 0.717) is 0 Å². The van der Waals surface area contributed by atoms with Crippen LogP contribution in [0.4, 0.5) is 0 Å². The van der Waals surface area contributed by atoms with Gasteiger partial charge in [-0.05, 0) is 47.6 Å². The number of allylic oxidation sites excluding steroid dienone is 8. The lowest BCUT2D eigenvalue weighted by Crippen LogP contribution is -2.42. The van der Waals surface area contributed by atoms with Crippen LogP contribution >= 0.6 is 0 Å². The van der Waals surface area contributed by atoms with Crippen molar-refractivity contribution in [2.75, 3.05) is 0 Å². The predicted molar refractivity (Wildman–Crippen MR) is 94.0 cm³/mol. The molecule has 4 aliphatic rings. The van der Waals surface area contributed by atoms with Gasteiger partial charge in [-0.3, -0.25) is 0 Å². The van der Waals surface area contributed by atoms with E-state index in [1.807, 2.05) is 0 Å². The predicted octanol–water partition coefficient (Wildman–Crippen LogP) is 5.74. The lowest BCUT2D eigenvalue weighted by Gasteiger charge is -2.42. The molecule has 0 heterocycles. The molecule has 112 valence electrons. The van der Waals surface area contributed by atoms with Crippen LogP contribution in [0, 0.1) is 23.7 Å². The van der Waals surface area contributed by atoms with Crippen molar-refractivity contribution in [1.82, 2.24) is 0 Å². The van der Waals surface area contributed by atoms with Crippen LogP contribution in [0.3, 0.4) is 0 Å². The molecule has 4 rings (SSSR count). The highest BCUT2D eigenvalue weighted by molar-refractivity contribution is 6.80. The molecule has 0 aromatic rings. The summed E-state index contributed by atoms with van der Waals surface area (Å²) in [7, 11) is -1.22. The molecule has 21 heavy (non-hydrogen) atoms. The highest BCUT2D eigenvalue weighted by Gasteiger charge is 2.51. The largest absolute Gasteiger partial charge is 0.0808 e. The minimum atomic E-state index is -1.22. The fraction of sp³-hybridized carbons (Fsp3) is 0.600. The van der Waals surface area contributed by atoms with Crippen LogP contribution < -0.4 is 0 Å². The monoisotopic (exact) mass is 296 g/mol. The van der Waals surface area contributed by atoms with Crippen LogP contribution in [-0.2, 0) is 0 Å². The van der Waals surface area contributed by atoms with Crippen molar-refractivity contribution in [1.29, 1.82) is 0 Å². The van der Waals surface area contributed by atoms with E-state index in [0.717, 1.165) is 34.8 Å². The van der Waals surface area contributed by atoms with Crippen LogP contribution in [0.15, 0.2) is 48.6 Å². The Bertz CT molecular complexity index is 476. The van der Waals surface area contributed by atoms with E-state index in [1.54, 1.807) is 0 Å². The van der Waals surface area contributed by atoms with E-state index < -0.39 is 8.07 Å². The molecule has 0 amide bonds.